The van der Waals surface area contributed by atoms with Crippen molar-refractivity contribution in [3.63, 3.8) is 0 Å². The Bertz CT molecular complexity index is 1700. The highest BCUT2D eigenvalue weighted by atomic mass is 32.2. The lowest BCUT2D eigenvalue weighted by Gasteiger charge is -2.12. The van der Waals surface area contributed by atoms with Crippen LogP contribution in [0.4, 0.5) is 15.2 Å². The summed E-state index contributed by atoms with van der Waals surface area (Å²) >= 11 is 4.32. The summed E-state index contributed by atoms with van der Waals surface area (Å²) in [5.74, 6) is -1.39. The molecule has 0 saturated carbocycles. The van der Waals surface area contributed by atoms with Gasteiger partial charge in [0.2, 0.25) is 5.91 Å². The van der Waals surface area contributed by atoms with Crippen LogP contribution < -0.4 is 16.0 Å². The molecule has 5 aromatic rings. The SMILES string of the molecule is O=C(CSc1ccc(NC(=O)/C(=C/c2ccc(F)cc2)NC(=O)c2ccccc2)cc1)Nc1nc(-c2cccs2)cs1. The monoisotopic (exact) mass is 614 g/mol. The predicted molar refractivity (Wildman–Crippen MR) is 168 cm³/mol. The maximum absolute atomic E-state index is 13.4. The molecule has 11 heteroatoms. The van der Waals surface area contributed by atoms with E-state index < -0.39 is 17.6 Å². The number of anilines is 2. The van der Waals surface area contributed by atoms with Gasteiger partial charge in [0, 0.05) is 21.5 Å². The van der Waals surface area contributed by atoms with E-state index in [1.807, 2.05) is 22.9 Å². The summed E-state index contributed by atoms with van der Waals surface area (Å²) in [5, 5.41) is 12.7. The Hall–Kier alpha value is -4.58. The third-order valence-electron chi connectivity index (χ3n) is 5.72. The molecule has 3 amide bonds. The standard InChI is InChI=1S/C31H23FN4O3S3/c32-22-10-8-20(9-11-22)17-25(34-29(38)21-5-2-1-3-6-21)30(39)33-23-12-14-24(15-13-23)41-19-28(37)36-31-35-26(18-42-31)27-7-4-16-40-27/h1-18H,19H2,(H,33,39)(H,34,38)(H,35,36,37)/b25-17-. The number of thiazole rings is 1. The highest BCUT2D eigenvalue weighted by molar-refractivity contribution is 8.00. The van der Waals surface area contributed by atoms with E-state index in [-0.39, 0.29) is 17.4 Å². The van der Waals surface area contributed by atoms with Crippen LogP contribution >= 0.6 is 34.4 Å². The number of carbonyl (C=O) groups excluding carboxylic acids is 3. The Labute approximate surface area is 253 Å². The van der Waals surface area contributed by atoms with Crippen LogP contribution in [-0.2, 0) is 9.59 Å². The molecule has 0 aliphatic heterocycles. The van der Waals surface area contributed by atoms with E-state index in [0.29, 0.717) is 21.9 Å². The topological polar surface area (TPSA) is 100 Å². The first-order chi connectivity index (χ1) is 20.4. The van der Waals surface area contributed by atoms with Gasteiger partial charge in [-0.05, 0) is 71.6 Å². The largest absolute Gasteiger partial charge is 0.321 e. The molecule has 0 bridgehead atoms. The molecule has 0 aliphatic carbocycles. The number of nitrogens with one attached hydrogen (secondary N) is 3. The smallest absolute Gasteiger partial charge is 0.272 e. The second-order valence-electron chi connectivity index (χ2n) is 8.76. The van der Waals surface area contributed by atoms with Crippen molar-refractivity contribution in [1.82, 2.24) is 10.3 Å². The summed E-state index contributed by atoms with van der Waals surface area (Å²) in [6, 6.07) is 25.0. The fourth-order valence-corrected chi connectivity index (χ4v) is 5.86. The van der Waals surface area contributed by atoms with Gasteiger partial charge in [-0.25, -0.2) is 9.37 Å². The van der Waals surface area contributed by atoms with Gasteiger partial charge in [-0.1, -0.05) is 36.4 Å². The average Bonchev–Trinajstić information content (AvgIpc) is 3.71. The van der Waals surface area contributed by atoms with Crippen LogP contribution in [0.5, 0.6) is 0 Å². The Morgan fingerprint density at radius 3 is 2.33 bits per heavy atom. The Morgan fingerprint density at radius 2 is 1.62 bits per heavy atom. The minimum absolute atomic E-state index is 0.00462. The first-order valence-electron chi connectivity index (χ1n) is 12.6. The number of amides is 3. The zero-order valence-electron chi connectivity index (χ0n) is 21.9. The third-order valence-corrected chi connectivity index (χ3v) is 8.38. The Morgan fingerprint density at radius 1 is 0.857 bits per heavy atom. The highest BCUT2D eigenvalue weighted by Crippen LogP contribution is 2.28. The molecule has 2 heterocycles. The van der Waals surface area contributed by atoms with Crippen molar-refractivity contribution in [2.45, 2.75) is 4.90 Å². The number of nitrogens with zero attached hydrogens (tertiary/aromatic N) is 1. The molecule has 0 spiro atoms. The van der Waals surface area contributed by atoms with Crippen LogP contribution in [0.2, 0.25) is 0 Å². The molecule has 0 saturated heterocycles. The molecule has 0 radical (unpaired) electrons. The molecule has 3 aromatic carbocycles. The van der Waals surface area contributed by atoms with E-state index in [1.54, 1.807) is 65.9 Å². The van der Waals surface area contributed by atoms with Crippen LogP contribution in [0.3, 0.4) is 0 Å². The molecule has 0 unspecified atom stereocenters. The number of hydrogen-bond acceptors (Lipinski definition) is 7. The van der Waals surface area contributed by atoms with E-state index in [9.17, 15) is 18.8 Å². The van der Waals surface area contributed by atoms with Gasteiger partial charge in [0.1, 0.15) is 11.5 Å². The number of carbonyl (C=O) groups is 3. The van der Waals surface area contributed by atoms with Crippen molar-refractivity contribution >= 4 is 69.1 Å². The molecule has 0 atom stereocenters. The molecule has 0 aliphatic rings. The fourth-order valence-electron chi connectivity index (χ4n) is 3.67. The van der Waals surface area contributed by atoms with Gasteiger partial charge in [-0.15, -0.1) is 34.4 Å². The molecule has 3 N–H and O–H groups in total. The van der Waals surface area contributed by atoms with E-state index in [4.69, 9.17) is 0 Å². The molecule has 42 heavy (non-hydrogen) atoms. The van der Waals surface area contributed by atoms with Gasteiger partial charge in [-0.2, -0.15) is 0 Å². The first-order valence-corrected chi connectivity index (χ1v) is 15.3. The Balaban J connectivity index is 1.19. The second-order valence-corrected chi connectivity index (χ2v) is 11.6. The quantitative estimate of drug-likeness (QED) is 0.115. The minimum atomic E-state index is -0.547. The van der Waals surface area contributed by atoms with Crippen molar-refractivity contribution in [3.05, 3.63) is 124 Å². The summed E-state index contributed by atoms with van der Waals surface area (Å²) in [7, 11) is 0. The fraction of sp³-hybridized carbons (Fsp3) is 0.0323. The van der Waals surface area contributed by atoms with Crippen molar-refractivity contribution in [1.29, 1.82) is 0 Å². The molecule has 2 aromatic heterocycles. The number of benzene rings is 3. The molecule has 0 fully saturated rings. The van der Waals surface area contributed by atoms with Crippen LogP contribution in [0.25, 0.3) is 16.6 Å². The van der Waals surface area contributed by atoms with E-state index in [0.717, 1.165) is 15.5 Å². The summed E-state index contributed by atoms with van der Waals surface area (Å²) in [4.78, 5) is 44.7. The predicted octanol–water partition coefficient (Wildman–Crippen LogP) is 7.15. The lowest BCUT2D eigenvalue weighted by atomic mass is 10.1. The minimum Gasteiger partial charge on any atom is -0.321 e. The summed E-state index contributed by atoms with van der Waals surface area (Å²) < 4.78 is 13.4. The number of thiophene rings is 1. The number of thioether (sulfide) groups is 1. The van der Waals surface area contributed by atoms with E-state index >= 15 is 0 Å². The number of hydrogen-bond donors (Lipinski definition) is 3. The zero-order chi connectivity index (χ0) is 29.3. The average molecular weight is 615 g/mol. The van der Waals surface area contributed by atoms with Gasteiger partial charge in [-0.3, -0.25) is 14.4 Å². The van der Waals surface area contributed by atoms with E-state index in [2.05, 4.69) is 20.9 Å². The van der Waals surface area contributed by atoms with Crippen molar-refractivity contribution in [2.75, 3.05) is 16.4 Å². The van der Waals surface area contributed by atoms with Crippen LogP contribution in [0.1, 0.15) is 15.9 Å². The second kappa shape index (κ2) is 13.9. The molecular formula is C31H23FN4O3S3. The Kier molecular flexibility index (Phi) is 9.55. The lowest BCUT2D eigenvalue weighted by Crippen LogP contribution is -2.30. The molecule has 210 valence electrons. The first kappa shape index (κ1) is 28.9. The van der Waals surface area contributed by atoms with Gasteiger partial charge < -0.3 is 16.0 Å². The number of rotatable bonds is 10. The van der Waals surface area contributed by atoms with Crippen LogP contribution in [-0.4, -0.2) is 28.5 Å². The molecular weight excluding hydrogens is 592 g/mol. The van der Waals surface area contributed by atoms with Crippen molar-refractivity contribution < 1.29 is 18.8 Å². The normalized spacial score (nSPS) is 11.1. The maximum Gasteiger partial charge on any atom is 0.272 e. The van der Waals surface area contributed by atoms with Gasteiger partial charge in [0.05, 0.1) is 16.3 Å². The summed E-state index contributed by atoms with van der Waals surface area (Å²) in [6.45, 7) is 0. The number of aromatic nitrogens is 1. The third kappa shape index (κ3) is 8.00. The van der Waals surface area contributed by atoms with Crippen LogP contribution in [0, 0.1) is 5.82 Å². The van der Waals surface area contributed by atoms with Crippen molar-refractivity contribution in [2.24, 2.45) is 0 Å². The van der Waals surface area contributed by atoms with Gasteiger partial charge >= 0.3 is 0 Å². The molecule has 5 rings (SSSR count). The highest BCUT2D eigenvalue weighted by Gasteiger charge is 2.15. The van der Waals surface area contributed by atoms with Gasteiger partial charge in [0.25, 0.3) is 11.8 Å². The van der Waals surface area contributed by atoms with Gasteiger partial charge in [0.15, 0.2) is 5.13 Å². The number of halogens is 1. The van der Waals surface area contributed by atoms with E-state index in [1.165, 1.54) is 53.4 Å². The zero-order valence-corrected chi connectivity index (χ0v) is 24.3. The maximum atomic E-state index is 13.4. The lowest BCUT2D eigenvalue weighted by molar-refractivity contribution is -0.114. The van der Waals surface area contributed by atoms with Crippen molar-refractivity contribution in [3.8, 4) is 10.6 Å². The molecule has 7 nitrogen and oxygen atoms in total. The van der Waals surface area contributed by atoms with Crippen LogP contribution in [0.15, 0.2) is 112 Å². The summed E-state index contributed by atoms with van der Waals surface area (Å²) in [5.41, 5.74) is 2.26. The summed E-state index contributed by atoms with van der Waals surface area (Å²) in [6.07, 6.45) is 1.48.